The molecule has 3 saturated carbocycles. The van der Waals surface area contributed by atoms with Crippen LogP contribution in [0.2, 0.25) is 0 Å². The van der Waals surface area contributed by atoms with Gasteiger partial charge in [-0.3, -0.25) is 5.43 Å². The van der Waals surface area contributed by atoms with E-state index in [2.05, 4.69) is 30.5 Å². The summed E-state index contributed by atoms with van der Waals surface area (Å²) < 4.78 is 5.90. The molecule has 0 bridgehead atoms. The lowest BCUT2D eigenvalue weighted by atomic mass is 9.47. The molecular weight excluding hydrogens is 342 g/mol. The second-order valence-corrected chi connectivity index (χ2v) is 9.87. The highest BCUT2D eigenvalue weighted by atomic mass is 32.1. The lowest BCUT2D eigenvalue weighted by Crippen LogP contribution is -2.51. The van der Waals surface area contributed by atoms with Crippen LogP contribution in [0.5, 0.6) is 0 Å². The van der Waals surface area contributed by atoms with E-state index in [1.165, 1.54) is 44.9 Å². The van der Waals surface area contributed by atoms with E-state index in [1.54, 1.807) is 5.57 Å². The van der Waals surface area contributed by atoms with Gasteiger partial charge in [-0.1, -0.05) is 19.4 Å². The number of nitrogens with two attached hydrogens (primary N) is 1. The van der Waals surface area contributed by atoms with E-state index in [1.807, 2.05) is 7.11 Å². The van der Waals surface area contributed by atoms with Crippen molar-refractivity contribution >= 4 is 23.0 Å². The number of allylic oxidation sites excluding steroid dienone is 2. The number of nitrogens with zero attached hydrogens (tertiary/aromatic N) is 1. The van der Waals surface area contributed by atoms with Gasteiger partial charge in [0.25, 0.3) is 0 Å². The van der Waals surface area contributed by atoms with Gasteiger partial charge < -0.3 is 10.5 Å². The highest BCUT2D eigenvalue weighted by Gasteiger charge is 2.59. The molecule has 5 heteroatoms. The van der Waals surface area contributed by atoms with E-state index >= 15 is 0 Å². The van der Waals surface area contributed by atoms with Crippen LogP contribution in [0.15, 0.2) is 16.8 Å². The second kappa shape index (κ2) is 6.59. The molecular formula is C21H33N3OS. The molecule has 4 aliphatic carbocycles. The number of ether oxygens (including phenoxy) is 1. The van der Waals surface area contributed by atoms with Gasteiger partial charge in [-0.15, -0.1) is 0 Å². The summed E-state index contributed by atoms with van der Waals surface area (Å²) in [4.78, 5) is 0. The Labute approximate surface area is 163 Å². The number of hydrogen-bond donors (Lipinski definition) is 2. The summed E-state index contributed by atoms with van der Waals surface area (Å²) in [5, 5.41) is 4.65. The van der Waals surface area contributed by atoms with Crippen LogP contribution in [0.25, 0.3) is 0 Å². The van der Waals surface area contributed by atoms with Crippen molar-refractivity contribution in [3.05, 3.63) is 11.6 Å². The zero-order valence-electron chi connectivity index (χ0n) is 16.4. The van der Waals surface area contributed by atoms with Crippen molar-refractivity contribution in [2.45, 2.75) is 71.3 Å². The maximum absolute atomic E-state index is 5.90. The average Bonchev–Trinajstić information content (AvgIpc) is 2.96. The van der Waals surface area contributed by atoms with E-state index in [0.717, 1.165) is 29.9 Å². The predicted molar refractivity (Wildman–Crippen MR) is 110 cm³/mol. The molecule has 0 spiro atoms. The molecule has 4 rings (SSSR count). The zero-order chi connectivity index (χ0) is 18.5. The average molecular weight is 376 g/mol. The Morgan fingerprint density at radius 2 is 2.00 bits per heavy atom. The molecule has 0 radical (unpaired) electrons. The van der Waals surface area contributed by atoms with Crippen LogP contribution in [0.1, 0.15) is 65.2 Å². The van der Waals surface area contributed by atoms with Crippen molar-refractivity contribution in [1.82, 2.24) is 5.43 Å². The van der Waals surface area contributed by atoms with Crippen molar-refractivity contribution in [1.29, 1.82) is 0 Å². The number of hydrogen-bond acceptors (Lipinski definition) is 3. The van der Waals surface area contributed by atoms with E-state index in [9.17, 15) is 0 Å². The Bertz CT molecular complexity index is 660. The fraction of sp³-hybridized carbons (Fsp3) is 0.810. The topological polar surface area (TPSA) is 59.6 Å². The molecule has 0 saturated heterocycles. The van der Waals surface area contributed by atoms with Crippen molar-refractivity contribution in [2.24, 2.45) is 39.4 Å². The molecule has 26 heavy (non-hydrogen) atoms. The van der Waals surface area contributed by atoms with Crippen molar-refractivity contribution in [3.8, 4) is 0 Å². The molecule has 4 nitrogen and oxygen atoms in total. The summed E-state index contributed by atoms with van der Waals surface area (Å²) in [5.74, 6) is 2.53. The Kier molecular flexibility index (Phi) is 4.67. The maximum atomic E-state index is 5.90. The van der Waals surface area contributed by atoms with E-state index in [0.29, 0.717) is 16.9 Å². The first-order chi connectivity index (χ1) is 12.4. The van der Waals surface area contributed by atoms with Gasteiger partial charge in [0.15, 0.2) is 5.11 Å². The molecule has 0 aromatic carbocycles. The van der Waals surface area contributed by atoms with Gasteiger partial charge in [0.05, 0.1) is 11.8 Å². The minimum Gasteiger partial charge on any atom is -0.381 e. The van der Waals surface area contributed by atoms with Crippen molar-refractivity contribution in [2.75, 3.05) is 7.11 Å². The third-order valence-electron chi connectivity index (χ3n) is 8.48. The van der Waals surface area contributed by atoms with Gasteiger partial charge in [0, 0.05) is 7.11 Å². The summed E-state index contributed by atoms with van der Waals surface area (Å²) in [6.45, 7) is 5.04. The summed E-state index contributed by atoms with van der Waals surface area (Å²) in [6.07, 6.45) is 12.9. The largest absolute Gasteiger partial charge is 0.381 e. The number of fused-ring (bicyclic) bond motifs is 5. The van der Waals surface area contributed by atoms with Gasteiger partial charge in [0.2, 0.25) is 0 Å². The van der Waals surface area contributed by atoms with Crippen molar-refractivity contribution < 1.29 is 4.74 Å². The van der Waals surface area contributed by atoms with Crippen LogP contribution in [0.3, 0.4) is 0 Å². The van der Waals surface area contributed by atoms with Gasteiger partial charge in [0.1, 0.15) is 0 Å². The second-order valence-electron chi connectivity index (χ2n) is 9.43. The minimum absolute atomic E-state index is 0.244. The lowest BCUT2D eigenvalue weighted by molar-refractivity contribution is -0.0833. The van der Waals surface area contributed by atoms with Gasteiger partial charge in [-0.25, -0.2) is 0 Å². The highest BCUT2D eigenvalue weighted by molar-refractivity contribution is 7.80. The van der Waals surface area contributed by atoms with Crippen LogP contribution in [-0.2, 0) is 4.74 Å². The molecule has 144 valence electrons. The standard InChI is InChI=1S/C21H33N3OS/c1-20-10-8-14(23-24-19(22)26)12-13(20)4-5-15-16-6-7-18(25-3)21(16,2)11-9-17(15)20/h12,15-18H,4-11H2,1-3H3,(H3,22,24,26)/b23-14-/t15-,16-,17-,18-,20-,21-/m0/s1. The summed E-state index contributed by atoms with van der Waals surface area (Å²) in [7, 11) is 1.91. The fourth-order valence-electron chi connectivity index (χ4n) is 7.13. The molecule has 0 unspecified atom stereocenters. The van der Waals surface area contributed by atoms with E-state index < -0.39 is 0 Å². The SMILES string of the molecule is CO[C@H]1CC[C@H]2[C@@H]3CCC4=C/C(=N\NC(N)=S)CC[C@]4(C)[C@H]3CC[C@]12C. The normalized spacial score (nSPS) is 46.1. The van der Waals surface area contributed by atoms with Gasteiger partial charge >= 0.3 is 0 Å². The Morgan fingerprint density at radius 1 is 1.19 bits per heavy atom. The zero-order valence-corrected chi connectivity index (χ0v) is 17.2. The fourth-order valence-corrected chi connectivity index (χ4v) is 7.17. The van der Waals surface area contributed by atoms with Gasteiger partial charge in [-0.05, 0) is 98.2 Å². The summed E-state index contributed by atoms with van der Waals surface area (Å²) in [5.41, 5.74) is 11.7. The molecule has 0 heterocycles. The quantitative estimate of drug-likeness (QED) is 0.562. The smallest absolute Gasteiger partial charge is 0.184 e. The molecule has 6 atom stereocenters. The van der Waals surface area contributed by atoms with E-state index in [-0.39, 0.29) is 5.11 Å². The highest BCUT2D eigenvalue weighted by Crippen LogP contribution is 2.65. The number of nitrogens with one attached hydrogen (secondary N) is 1. The number of rotatable bonds is 2. The summed E-state index contributed by atoms with van der Waals surface area (Å²) in [6, 6.07) is 0. The molecule has 0 aromatic heterocycles. The number of thiocarbonyl (C=S) groups is 1. The maximum Gasteiger partial charge on any atom is 0.184 e. The Balaban J connectivity index is 1.59. The molecule has 0 aliphatic heterocycles. The molecule has 4 aliphatic rings. The van der Waals surface area contributed by atoms with Crippen LogP contribution in [0, 0.1) is 28.6 Å². The van der Waals surface area contributed by atoms with Crippen LogP contribution in [0.4, 0.5) is 0 Å². The molecule has 0 aromatic rings. The van der Waals surface area contributed by atoms with Crippen LogP contribution < -0.4 is 11.2 Å². The third kappa shape index (κ3) is 2.73. The van der Waals surface area contributed by atoms with Crippen molar-refractivity contribution in [3.63, 3.8) is 0 Å². The Morgan fingerprint density at radius 3 is 2.73 bits per heavy atom. The van der Waals surface area contributed by atoms with Crippen LogP contribution >= 0.6 is 12.2 Å². The van der Waals surface area contributed by atoms with Gasteiger partial charge in [-0.2, -0.15) is 5.10 Å². The molecule has 0 amide bonds. The number of methoxy groups -OCH3 is 1. The minimum atomic E-state index is 0.244. The summed E-state index contributed by atoms with van der Waals surface area (Å²) >= 11 is 4.88. The first kappa shape index (κ1) is 18.4. The predicted octanol–water partition coefficient (Wildman–Crippen LogP) is 4.15. The first-order valence-electron chi connectivity index (χ1n) is 10.2. The monoisotopic (exact) mass is 375 g/mol. The molecule has 3 fully saturated rings. The van der Waals surface area contributed by atoms with E-state index in [4.69, 9.17) is 22.7 Å². The lowest BCUT2D eigenvalue weighted by Gasteiger charge is -2.58. The number of hydrazone groups is 1. The molecule has 3 N–H and O–H groups in total. The third-order valence-corrected chi connectivity index (χ3v) is 8.58. The Hall–Kier alpha value is -0.940. The van der Waals surface area contributed by atoms with Crippen LogP contribution in [-0.4, -0.2) is 24.0 Å². The first-order valence-corrected chi connectivity index (χ1v) is 10.6.